The van der Waals surface area contributed by atoms with Crippen molar-refractivity contribution in [1.29, 1.82) is 0 Å². The van der Waals surface area contributed by atoms with Crippen LogP contribution in [-0.2, 0) is 10.0 Å². The van der Waals surface area contributed by atoms with Crippen molar-refractivity contribution in [2.75, 3.05) is 19.3 Å². The summed E-state index contributed by atoms with van der Waals surface area (Å²) in [6.07, 6.45) is 12.2. The van der Waals surface area contributed by atoms with E-state index in [4.69, 9.17) is 0 Å². The zero-order chi connectivity index (χ0) is 16.5. The van der Waals surface area contributed by atoms with Crippen LogP contribution in [0, 0.1) is 0 Å². The molecule has 0 bridgehead atoms. The molecule has 1 unspecified atom stereocenters. The Morgan fingerprint density at radius 1 is 1.17 bits per heavy atom. The van der Waals surface area contributed by atoms with Crippen LogP contribution in [0.25, 0.3) is 0 Å². The lowest BCUT2D eigenvalue weighted by Crippen LogP contribution is -2.35. The van der Waals surface area contributed by atoms with Gasteiger partial charge in [0.1, 0.15) is 0 Å². The Labute approximate surface area is 139 Å². The molecule has 23 heavy (non-hydrogen) atoms. The summed E-state index contributed by atoms with van der Waals surface area (Å²) in [5.74, 6) is 0. The average molecular weight is 334 g/mol. The van der Waals surface area contributed by atoms with Gasteiger partial charge < -0.3 is 5.32 Å². The fourth-order valence-electron chi connectivity index (χ4n) is 2.71. The fourth-order valence-corrected chi connectivity index (χ4v) is 3.45. The number of hydrogen-bond acceptors (Lipinski definition) is 3. The van der Waals surface area contributed by atoms with Gasteiger partial charge in [0.05, 0.1) is 12.3 Å². The lowest BCUT2D eigenvalue weighted by Gasteiger charge is -2.19. The Kier molecular flexibility index (Phi) is 7.02. The molecule has 1 aromatic carbocycles. The van der Waals surface area contributed by atoms with E-state index in [1.807, 2.05) is 30.3 Å². The van der Waals surface area contributed by atoms with Gasteiger partial charge in [-0.1, -0.05) is 54.1 Å². The molecule has 1 aliphatic carbocycles. The highest BCUT2D eigenvalue weighted by molar-refractivity contribution is 7.88. The molecule has 0 aromatic heterocycles. The highest BCUT2D eigenvalue weighted by Gasteiger charge is 2.15. The minimum absolute atomic E-state index is 0.233. The Bertz CT molecular complexity index is 636. The van der Waals surface area contributed by atoms with Crippen LogP contribution >= 0.6 is 0 Å². The van der Waals surface area contributed by atoms with E-state index in [-0.39, 0.29) is 6.04 Å². The number of sulfonamides is 1. The summed E-state index contributed by atoms with van der Waals surface area (Å²) in [4.78, 5) is 0. The zero-order valence-electron chi connectivity index (χ0n) is 13.7. The van der Waals surface area contributed by atoms with Crippen molar-refractivity contribution in [3.8, 4) is 0 Å². The van der Waals surface area contributed by atoms with Crippen molar-refractivity contribution >= 4 is 10.0 Å². The van der Waals surface area contributed by atoms with E-state index >= 15 is 0 Å². The molecule has 0 radical (unpaired) electrons. The minimum atomic E-state index is -3.24. The van der Waals surface area contributed by atoms with Crippen LogP contribution in [0.1, 0.15) is 37.3 Å². The quantitative estimate of drug-likeness (QED) is 0.539. The van der Waals surface area contributed by atoms with Crippen LogP contribution in [0.5, 0.6) is 0 Å². The molecule has 2 rings (SSSR count). The second-order valence-corrected chi connectivity index (χ2v) is 7.71. The average Bonchev–Trinajstić information content (AvgIpc) is 2.54. The van der Waals surface area contributed by atoms with Crippen LogP contribution in [0.3, 0.4) is 0 Å². The lowest BCUT2D eigenvalue weighted by atomic mass is 10.0. The predicted octanol–water partition coefficient (Wildman–Crippen LogP) is 2.92. The molecular formula is C18H26N2O2S. The van der Waals surface area contributed by atoms with Gasteiger partial charge in [-0.15, -0.1) is 0 Å². The molecular weight excluding hydrogens is 308 g/mol. The summed E-state index contributed by atoms with van der Waals surface area (Å²) in [6.45, 7) is 1.48. The number of rotatable bonds is 9. The van der Waals surface area contributed by atoms with Crippen molar-refractivity contribution < 1.29 is 8.42 Å². The van der Waals surface area contributed by atoms with Crippen LogP contribution in [0.2, 0.25) is 0 Å². The second-order valence-electron chi connectivity index (χ2n) is 5.93. The summed E-state index contributed by atoms with van der Waals surface area (Å²) in [5, 5.41) is 3.37. The summed E-state index contributed by atoms with van der Waals surface area (Å²) in [6, 6.07) is 9.45. The van der Waals surface area contributed by atoms with Crippen LogP contribution in [0.4, 0.5) is 0 Å². The van der Waals surface area contributed by atoms with Gasteiger partial charge in [-0.05, 0) is 37.8 Å². The predicted molar refractivity (Wildman–Crippen MR) is 95.7 cm³/mol. The molecule has 2 N–H and O–H groups in total. The van der Waals surface area contributed by atoms with Gasteiger partial charge in [-0.3, -0.25) is 0 Å². The smallest absolute Gasteiger partial charge is 0.209 e. The zero-order valence-corrected chi connectivity index (χ0v) is 14.5. The first kappa shape index (κ1) is 17.9. The molecule has 0 amide bonds. The van der Waals surface area contributed by atoms with Gasteiger partial charge in [-0.25, -0.2) is 13.1 Å². The first-order chi connectivity index (χ1) is 11.0. The summed E-state index contributed by atoms with van der Waals surface area (Å²) >= 11 is 0. The lowest BCUT2D eigenvalue weighted by molar-refractivity contribution is 0.527. The Morgan fingerprint density at radius 3 is 2.61 bits per heavy atom. The van der Waals surface area contributed by atoms with Crippen molar-refractivity contribution in [2.24, 2.45) is 0 Å². The molecule has 1 atom stereocenters. The summed E-state index contributed by atoms with van der Waals surface area (Å²) in [7, 11) is -3.24. The monoisotopic (exact) mass is 334 g/mol. The first-order valence-corrected chi connectivity index (χ1v) is 9.99. The largest absolute Gasteiger partial charge is 0.315 e. The first-order valence-electron chi connectivity index (χ1n) is 8.10. The number of hydrogen-bond donors (Lipinski definition) is 2. The van der Waals surface area contributed by atoms with Crippen LogP contribution in [0.15, 0.2) is 54.1 Å². The number of nitrogens with one attached hydrogen (secondary N) is 2. The maximum Gasteiger partial charge on any atom is 0.209 e. The molecule has 126 valence electrons. The molecule has 0 heterocycles. The number of benzene rings is 1. The third-order valence-corrected chi connectivity index (χ3v) is 4.56. The molecule has 0 aliphatic heterocycles. The summed E-state index contributed by atoms with van der Waals surface area (Å²) < 4.78 is 25.8. The number of allylic oxidation sites excluding steroid dienone is 4. The molecule has 1 aliphatic rings. The van der Waals surface area contributed by atoms with E-state index in [0.717, 1.165) is 37.8 Å². The standard InChI is InChI=1S/C18H26N2O2S/c1-23(21,22)20-18(17-12-6-3-7-13-17)15-19-14-8-11-16-9-4-2-5-10-16/h2-4,6-7,10,12-13,18-20H,5,8-9,11,14-15H2,1H3. The molecule has 5 heteroatoms. The van der Waals surface area contributed by atoms with E-state index in [9.17, 15) is 8.42 Å². The van der Waals surface area contributed by atoms with Gasteiger partial charge in [0.15, 0.2) is 0 Å². The molecule has 1 aromatic rings. The van der Waals surface area contributed by atoms with E-state index in [1.165, 1.54) is 11.8 Å². The molecule has 0 fully saturated rings. The minimum Gasteiger partial charge on any atom is -0.315 e. The maximum atomic E-state index is 11.6. The molecule has 4 nitrogen and oxygen atoms in total. The van der Waals surface area contributed by atoms with E-state index in [1.54, 1.807) is 0 Å². The van der Waals surface area contributed by atoms with Gasteiger partial charge in [0.25, 0.3) is 0 Å². The van der Waals surface area contributed by atoms with Gasteiger partial charge in [-0.2, -0.15) is 0 Å². The maximum absolute atomic E-state index is 11.6. The SMILES string of the molecule is CS(=O)(=O)NC(CNCCCC1=CCC=CC1)c1ccccc1. The Morgan fingerprint density at radius 2 is 1.96 bits per heavy atom. The molecule has 0 spiro atoms. The fraction of sp³-hybridized carbons (Fsp3) is 0.444. The summed E-state index contributed by atoms with van der Waals surface area (Å²) in [5.41, 5.74) is 2.48. The van der Waals surface area contributed by atoms with Gasteiger partial charge in [0, 0.05) is 6.54 Å². The van der Waals surface area contributed by atoms with Crippen molar-refractivity contribution in [3.63, 3.8) is 0 Å². The Balaban J connectivity index is 1.78. The van der Waals surface area contributed by atoms with Gasteiger partial charge >= 0.3 is 0 Å². The molecule has 0 saturated heterocycles. The van der Waals surface area contributed by atoms with E-state index in [0.29, 0.717) is 6.54 Å². The van der Waals surface area contributed by atoms with Gasteiger partial charge in [0.2, 0.25) is 10.0 Å². The Hall–Kier alpha value is -1.43. The normalized spacial score (nSPS) is 16.1. The molecule has 0 saturated carbocycles. The van der Waals surface area contributed by atoms with Crippen molar-refractivity contribution in [1.82, 2.24) is 10.0 Å². The van der Waals surface area contributed by atoms with Crippen LogP contribution < -0.4 is 10.0 Å². The third-order valence-electron chi connectivity index (χ3n) is 3.85. The van der Waals surface area contributed by atoms with Crippen molar-refractivity contribution in [3.05, 3.63) is 59.7 Å². The highest BCUT2D eigenvalue weighted by atomic mass is 32.2. The van der Waals surface area contributed by atoms with E-state index < -0.39 is 10.0 Å². The van der Waals surface area contributed by atoms with Crippen LogP contribution in [-0.4, -0.2) is 27.8 Å². The highest BCUT2D eigenvalue weighted by Crippen LogP contribution is 2.16. The second kappa shape index (κ2) is 9.01. The third kappa shape index (κ3) is 7.12. The topological polar surface area (TPSA) is 58.2 Å². The van der Waals surface area contributed by atoms with E-state index in [2.05, 4.69) is 28.3 Å². The van der Waals surface area contributed by atoms with Crippen molar-refractivity contribution in [2.45, 2.75) is 31.7 Å².